The van der Waals surface area contributed by atoms with Gasteiger partial charge in [0, 0.05) is 5.38 Å². The molecule has 0 fully saturated rings. The monoisotopic (exact) mass is 288 g/mol. The Bertz CT molecular complexity index is 489. The summed E-state index contributed by atoms with van der Waals surface area (Å²) < 4.78 is 3.81. The normalized spacial score (nSPS) is 12.6. The maximum absolute atomic E-state index is 5.96. The van der Waals surface area contributed by atoms with Crippen molar-refractivity contribution >= 4 is 34.7 Å². The molecule has 3 N–H and O–H groups in total. The molecule has 17 heavy (non-hydrogen) atoms. The molecule has 4 nitrogen and oxygen atoms in total. The Hall–Kier alpha value is -0.720. The van der Waals surface area contributed by atoms with Crippen LogP contribution >= 0.6 is 34.7 Å². The van der Waals surface area contributed by atoms with Gasteiger partial charge in [-0.3, -0.25) is 11.3 Å². The summed E-state index contributed by atoms with van der Waals surface area (Å²) in [5, 5.41) is 6.94. The van der Waals surface area contributed by atoms with Crippen molar-refractivity contribution in [3.63, 3.8) is 0 Å². The molecule has 1 aromatic heterocycles. The molecule has 1 unspecified atom stereocenters. The van der Waals surface area contributed by atoms with E-state index in [0.29, 0.717) is 16.5 Å². The standard InChI is InChI=1S/C10H10Cl2N4S/c11-7-2-1-6(3-8(7)12)4-9(14-13)10-5-17-16-15-10/h1-3,5,9,14H,4,13H2. The molecule has 1 atom stereocenters. The second kappa shape index (κ2) is 5.75. The van der Waals surface area contributed by atoms with Crippen molar-refractivity contribution in [2.75, 3.05) is 0 Å². The summed E-state index contributed by atoms with van der Waals surface area (Å²) in [7, 11) is 0. The van der Waals surface area contributed by atoms with E-state index in [1.165, 1.54) is 11.5 Å². The molecule has 0 amide bonds. The first-order chi connectivity index (χ1) is 8.20. The van der Waals surface area contributed by atoms with Gasteiger partial charge in [0.05, 0.1) is 21.8 Å². The summed E-state index contributed by atoms with van der Waals surface area (Å²) in [4.78, 5) is 0. The molecule has 0 aliphatic heterocycles. The Morgan fingerprint density at radius 2 is 2.18 bits per heavy atom. The number of benzene rings is 1. The Labute approximate surface area is 113 Å². The molecule has 0 saturated carbocycles. The van der Waals surface area contributed by atoms with Crippen LogP contribution in [0.5, 0.6) is 0 Å². The summed E-state index contributed by atoms with van der Waals surface area (Å²) in [6, 6.07) is 5.43. The Kier molecular flexibility index (Phi) is 4.31. The van der Waals surface area contributed by atoms with E-state index in [1.54, 1.807) is 6.07 Å². The average molecular weight is 289 g/mol. The van der Waals surface area contributed by atoms with Crippen molar-refractivity contribution in [3.05, 3.63) is 44.9 Å². The van der Waals surface area contributed by atoms with Crippen LogP contribution in [0.4, 0.5) is 0 Å². The number of nitrogens with one attached hydrogen (secondary N) is 1. The van der Waals surface area contributed by atoms with Gasteiger partial charge >= 0.3 is 0 Å². The SMILES string of the molecule is NNC(Cc1ccc(Cl)c(Cl)c1)c1csnn1. The molecule has 2 rings (SSSR count). The van der Waals surface area contributed by atoms with Gasteiger partial charge in [0.25, 0.3) is 0 Å². The maximum atomic E-state index is 5.96. The molecule has 0 aliphatic rings. The minimum absolute atomic E-state index is 0.0778. The summed E-state index contributed by atoms with van der Waals surface area (Å²) in [6.45, 7) is 0. The minimum atomic E-state index is -0.0778. The highest BCUT2D eigenvalue weighted by atomic mass is 35.5. The zero-order valence-electron chi connectivity index (χ0n) is 8.73. The van der Waals surface area contributed by atoms with E-state index in [9.17, 15) is 0 Å². The van der Waals surface area contributed by atoms with Crippen molar-refractivity contribution in [1.82, 2.24) is 15.0 Å². The first-order valence-corrected chi connectivity index (χ1v) is 6.47. The van der Waals surface area contributed by atoms with E-state index in [0.717, 1.165) is 11.3 Å². The Morgan fingerprint density at radius 1 is 1.35 bits per heavy atom. The predicted molar refractivity (Wildman–Crippen MR) is 70.1 cm³/mol. The highest BCUT2D eigenvalue weighted by Crippen LogP contribution is 2.25. The van der Waals surface area contributed by atoms with Crippen LogP contribution in [0.3, 0.4) is 0 Å². The van der Waals surface area contributed by atoms with Gasteiger partial charge in [0.15, 0.2) is 0 Å². The summed E-state index contributed by atoms with van der Waals surface area (Å²) in [6.07, 6.45) is 0.679. The van der Waals surface area contributed by atoms with Gasteiger partial charge in [0.2, 0.25) is 0 Å². The van der Waals surface area contributed by atoms with E-state index in [2.05, 4.69) is 15.0 Å². The fourth-order valence-electron chi connectivity index (χ4n) is 1.47. The highest BCUT2D eigenvalue weighted by molar-refractivity contribution is 7.03. The lowest BCUT2D eigenvalue weighted by Gasteiger charge is -2.13. The number of nitrogens with zero attached hydrogens (tertiary/aromatic N) is 2. The molecule has 90 valence electrons. The van der Waals surface area contributed by atoms with Gasteiger partial charge < -0.3 is 0 Å². The zero-order valence-corrected chi connectivity index (χ0v) is 11.1. The van der Waals surface area contributed by atoms with Crippen LogP contribution in [0.15, 0.2) is 23.6 Å². The van der Waals surface area contributed by atoms with Crippen molar-refractivity contribution in [3.8, 4) is 0 Å². The van der Waals surface area contributed by atoms with Gasteiger partial charge in [-0.1, -0.05) is 33.8 Å². The minimum Gasteiger partial charge on any atom is -0.271 e. The Balaban J connectivity index is 2.16. The molecule has 0 spiro atoms. The van der Waals surface area contributed by atoms with Gasteiger partial charge in [-0.15, -0.1) is 5.10 Å². The molecule has 1 aromatic carbocycles. The fourth-order valence-corrected chi connectivity index (χ4v) is 2.30. The summed E-state index contributed by atoms with van der Waals surface area (Å²) in [5.74, 6) is 5.51. The van der Waals surface area contributed by atoms with E-state index in [4.69, 9.17) is 29.0 Å². The predicted octanol–water partition coefficient (Wildman–Crippen LogP) is 2.59. The molecular weight excluding hydrogens is 279 g/mol. The van der Waals surface area contributed by atoms with E-state index < -0.39 is 0 Å². The zero-order chi connectivity index (χ0) is 12.3. The second-order valence-electron chi connectivity index (χ2n) is 3.50. The van der Waals surface area contributed by atoms with Crippen molar-refractivity contribution in [2.45, 2.75) is 12.5 Å². The number of hydrazine groups is 1. The lowest BCUT2D eigenvalue weighted by atomic mass is 10.0. The molecular formula is C10H10Cl2N4S. The van der Waals surface area contributed by atoms with Crippen molar-refractivity contribution < 1.29 is 0 Å². The van der Waals surface area contributed by atoms with Crippen LogP contribution in [0, 0.1) is 0 Å². The van der Waals surface area contributed by atoms with Crippen molar-refractivity contribution in [1.29, 1.82) is 0 Å². The van der Waals surface area contributed by atoms with Crippen LogP contribution < -0.4 is 11.3 Å². The molecule has 1 heterocycles. The van der Waals surface area contributed by atoms with E-state index in [1.807, 2.05) is 17.5 Å². The molecule has 2 aromatic rings. The van der Waals surface area contributed by atoms with Gasteiger partial charge in [0.1, 0.15) is 0 Å². The van der Waals surface area contributed by atoms with Crippen LogP contribution in [0.25, 0.3) is 0 Å². The third kappa shape index (κ3) is 3.14. The second-order valence-corrected chi connectivity index (χ2v) is 4.93. The first kappa shape index (κ1) is 12.7. The smallest absolute Gasteiger partial charge is 0.0941 e. The number of aromatic nitrogens is 2. The van der Waals surface area contributed by atoms with Gasteiger partial charge in [-0.25, -0.2) is 0 Å². The third-order valence-corrected chi connectivity index (χ3v) is 3.62. The number of rotatable bonds is 4. The first-order valence-electron chi connectivity index (χ1n) is 4.87. The third-order valence-electron chi connectivity index (χ3n) is 2.36. The summed E-state index contributed by atoms with van der Waals surface area (Å²) in [5.41, 5.74) is 4.58. The number of hydrogen-bond donors (Lipinski definition) is 2. The molecule has 0 saturated heterocycles. The maximum Gasteiger partial charge on any atom is 0.0941 e. The number of halogens is 2. The molecule has 0 aliphatic carbocycles. The quantitative estimate of drug-likeness (QED) is 0.671. The molecule has 0 radical (unpaired) electrons. The van der Waals surface area contributed by atoms with Crippen molar-refractivity contribution in [2.24, 2.45) is 5.84 Å². The lowest BCUT2D eigenvalue weighted by molar-refractivity contribution is 0.537. The van der Waals surface area contributed by atoms with Gasteiger partial charge in [-0.2, -0.15) is 0 Å². The fraction of sp³-hybridized carbons (Fsp3) is 0.200. The van der Waals surface area contributed by atoms with Crippen LogP contribution in [0.1, 0.15) is 17.3 Å². The van der Waals surface area contributed by atoms with Crippen LogP contribution in [-0.2, 0) is 6.42 Å². The molecule has 0 bridgehead atoms. The largest absolute Gasteiger partial charge is 0.271 e. The number of nitrogens with two attached hydrogens (primary N) is 1. The highest BCUT2D eigenvalue weighted by Gasteiger charge is 2.13. The molecule has 7 heteroatoms. The average Bonchev–Trinajstić information content (AvgIpc) is 2.84. The summed E-state index contributed by atoms with van der Waals surface area (Å²) >= 11 is 13.1. The Morgan fingerprint density at radius 3 is 2.76 bits per heavy atom. The topological polar surface area (TPSA) is 63.8 Å². The van der Waals surface area contributed by atoms with E-state index >= 15 is 0 Å². The number of hydrogen-bond acceptors (Lipinski definition) is 5. The lowest BCUT2D eigenvalue weighted by Crippen LogP contribution is -2.29. The van der Waals surface area contributed by atoms with E-state index in [-0.39, 0.29) is 6.04 Å². The van der Waals surface area contributed by atoms with Crippen LogP contribution in [0.2, 0.25) is 10.0 Å². The van der Waals surface area contributed by atoms with Crippen LogP contribution in [-0.4, -0.2) is 9.59 Å². The van der Waals surface area contributed by atoms with Gasteiger partial charge in [-0.05, 0) is 35.6 Å².